The van der Waals surface area contributed by atoms with Crippen LogP contribution in [0.15, 0.2) is 58.7 Å². The standard InChI is InChI=1S/C18H17N3O4S/c1-10-14(18(22)23)15(12-6-3-2-5-11(12)9-19)17(21(24)25)16(20-10)13-7-4-8-26-13/h2-8,15,20H,9,19H2,1H3,(H,22,23). The molecule has 0 fully saturated rings. The number of carboxylic acids is 1. The first-order valence-corrected chi connectivity index (χ1v) is 8.75. The van der Waals surface area contributed by atoms with Crippen LogP contribution in [0.5, 0.6) is 0 Å². The zero-order valence-electron chi connectivity index (χ0n) is 13.9. The van der Waals surface area contributed by atoms with Gasteiger partial charge in [0.2, 0.25) is 0 Å². The summed E-state index contributed by atoms with van der Waals surface area (Å²) in [6.45, 7) is 1.78. The Labute approximate surface area is 153 Å². The summed E-state index contributed by atoms with van der Waals surface area (Å²) in [6.07, 6.45) is 0. The zero-order chi connectivity index (χ0) is 18.8. The van der Waals surface area contributed by atoms with Crippen LogP contribution < -0.4 is 11.1 Å². The minimum atomic E-state index is -1.20. The lowest BCUT2D eigenvalue weighted by molar-refractivity contribution is -0.428. The average Bonchev–Trinajstić information content (AvgIpc) is 3.14. The number of nitrogens with two attached hydrogens (primary N) is 1. The van der Waals surface area contributed by atoms with Gasteiger partial charge in [0.25, 0.3) is 5.70 Å². The molecule has 0 bridgehead atoms. The Morgan fingerprint density at radius 1 is 1.35 bits per heavy atom. The maximum Gasteiger partial charge on any atom is 0.334 e. The van der Waals surface area contributed by atoms with Crippen molar-refractivity contribution in [2.45, 2.75) is 19.4 Å². The smallest absolute Gasteiger partial charge is 0.334 e. The molecule has 0 spiro atoms. The van der Waals surface area contributed by atoms with Crippen LogP contribution >= 0.6 is 11.3 Å². The van der Waals surface area contributed by atoms with E-state index in [0.29, 0.717) is 27.4 Å². The van der Waals surface area contributed by atoms with Crippen LogP contribution in [-0.4, -0.2) is 16.0 Å². The second-order valence-corrected chi connectivity index (χ2v) is 6.75. The summed E-state index contributed by atoms with van der Waals surface area (Å²) >= 11 is 1.35. The van der Waals surface area contributed by atoms with E-state index in [9.17, 15) is 20.0 Å². The van der Waals surface area contributed by atoms with Gasteiger partial charge in [0.1, 0.15) is 11.6 Å². The van der Waals surface area contributed by atoms with Crippen LogP contribution in [0.1, 0.15) is 28.8 Å². The number of hydrogen-bond donors (Lipinski definition) is 3. The molecule has 4 N–H and O–H groups in total. The molecule has 0 aliphatic carbocycles. The summed E-state index contributed by atoms with van der Waals surface area (Å²) in [5.74, 6) is -2.21. The van der Waals surface area contributed by atoms with Crippen molar-refractivity contribution in [2.24, 2.45) is 5.73 Å². The van der Waals surface area contributed by atoms with Gasteiger partial charge < -0.3 is 16.2 Å². The number of nitro groups is 1. The molecule has 1 unspecified atom stereocenters. The van der Waals surface area contributed by atoms with Gasteiger partial charge in [-0.2, -0.15) is 0 Å². The Balaban J connectivity index is 2.33. The maximum absolute atomic E-state index is 12.0. The Kier molecular flexibility index (Phi) is 4.88. The van der Waals surface area contributed by atoms with E-state index in [0.717, 1.165) is 0 Å². The van der Waals surface area contributed by atoms with Crippen molar-refractivity contribution >= 4 is 23.0 Å². The van der Waals surface area contributed by atoms with E-state index in [1.807, 2.05) is 5.38 Å². The van der Waals surface area contributed by atoms with Gasteiger partial charge in [0.05, 0.1) is 15.4 Å². The lowest BCUT2D eigenvalue weighted by Crippen LogP contribution is -2.31. The summed E-state index contributed by atoms with van der Waals surface area (Å²) in [6, 6.07) is 10.5. The highest BCUT2D eigenvalue weighted by Gasteiger charge is 2.42. The highest BCUT2D eigenvalue weighted by atomic mass is 32.1. The lowest BCUT2D eigenvalue weighted by atomic mass is 9.81. The van der Waals surface area contributed by atoms with E-state index in [4.69, 9.17) is 5.73 Å². The molecule has 1 atom stereocenters. The molecular weight excluding hydrogens is 354 g/mol. The third-order valence-electron chi connectivity index (χ3n) is 4.32. The van der Waals surface area contributed by atoms with Crippen LogP contribution in [0.3, 0.4) is 0 Å². The van der Waals surface area contributed by atoms with Gasteiger partial charge in [-0.1, -0.05) is 30.3 Å². The Hall–Kier alpha value is -2.97. The Bertz CT molecular complexity index is 932. The van der Waals surface area contributed by atoms with Crippen molar-refractivity contribution in [1.82, 2.24) is 5.32 Å². The van der Waals surface area contributed by atoms with E-state index < -0.39 is 16.8 Å². The quantitative estimate of drug-likeness (QED) is 0.549. The van der Waals surface area contributed by atoms with Crippen LogP contribution in [0.4, 0.5) is 0 Å². The number of nitrogens with zero attached hydrogens (tertiary/aromatic N) is 1. The zero-order valence-corrected chi connectivity index (χ0v) is 14.7. The second-order valence-electron chi connectivity index (χ2n) is 5.80. The number of carboxylic acid groups (broad SMARTS) is 1. The molecule has 134 valence electrons. The van der Waals surface area contributed by atoms with Gasteiger partial charge in [-0.3, -0.25) is 10.1 Å². The molecule has 3 rings (SSSR count). The number of carbonyl (C=O) groups is 1. The molecule has 1 aliphatic rings. The Morgan fingerprint density at radius 3 is 2.65 bits per heavy atom. The Morgan fingerprint density at radius 2 is 2.08 bits per heavy atom. The largest absolute Gasteiger partial charge is 0.478 e. The summed E-state index contributed by atoms with van der Waals surface area (Å²) in [5.41, 5.74) is 7.49. The molecule has 0 radical (unpaired) electrons. The van der Waals surface area contributed by atoms with Gasteiger partial charge in [-0.25, -0.2) is 4.79 Å². The molecule has 26 heavy (non-hydrogen) atoms. The summed E-state index contributed by atoms with van der Waals surface area (Å²) < 4.78 is 0. The number of thiophene rings is 1. The van der Waals surface area contributed by atoms with Crippen LogP contribution in [-0.2, 0) is 11.3 Å². The molecule has 0 saturated carbocycles. The first-order valence-electron chi connectivity index (χ1n) is 7.87. The number of allylic oxidation sites excluding steroid dienone is 2. The van der Waals surface area contributed by atoms with Crippen molar-refractivity contribution in [3.8, 4) is 0 Å². The molecule has 7 nitrogen and oxygen atoms in total. The fourth-order valence-corrected chi connectivity index (χ4v) is 3.94. The highest BCUT2D eigenvalue weighted by molar-refractivity contribution is 7.11. The van der Waals surface area contributed by atoms with E-state index in [1.54, 1.807) is 43.3 Å². The summed E-state index contributed by atoms with van der Waals surface area (Å²) in [5, 5.41) is 26.5. The van der Waals surface area contributed by atoms with Crippen LogP contribution in [0.25, 0.3) is 5.70 Å². The molecule has 0 amide bonds. The molecule has 1 aromatic heterocycles. The van der Waals surface area contributed by atoms with Crippen molar-refractivity contribution in [1.29, 1.82) is 0 Å². The van der Waals surface area contributed by atoms with E-state index in [-0.39, 0.29) is 17.8 Å². The molecule has 1 aliphatic heterocycles. The van der Waals surface area contributed by atoms with E-state index in [1.165, 1.54) is 11.3 Å². The average molecular weight is 371 g/mol. The van der Waals surface area contributed by atoms with E-state index >= 15 is 0 Å². The number of nitrogens with one attached hydrogen (secondary N) is 1. The number of rotatable bonds is 5. The molecule has 1 aromatic carbocycles. The van der Waals surface area contributed by atoms with Crippen LogP contribution in [0.2, 0.25) is 0 Å². The SMILES string of the molecule is CC1=C(C(=O)O)C(c2ccccc2CN)C([N+](=O)[O-])=C(c2cccs2)N1. The van der Waals surface area contributed by atoms with Crippen molar-refractivity contribution < 1.29 is 14.8 Å². The molecular formula is C18H17N3O4S. The fraction of sp³-hybridized carbons (Fsp3) is 0.167. The van der Waals surface area contributed by atoms with Crippen molar-refractivity contribution in [3.63, 3.8) is 0 Å². The predicted molar refractivity (Wildman–Crippen MR) is 98.8 cm³/mol. The highest BCUT2D eigenvalue weighted by Crippen LogP contribution is 2.42. The van der Waals surface area contributed by atoms with E-state index in [2.05, 4.69) is 5.32 Å². The van der Waals surface area contributed by atoms with Crippen LogP contribution in [0, 0.1) is 10.1 Å². The third-order valence-corrected chi connectivity index (χ3v) is 5.20. The number of benzene rings is 1. The van der Waals surface area contributed by atoms with Gasteiger partial charge >= 0.3 is 5.97 Å². The molecule has 8 heteroatoms. The molecule has 2 heterocycles. The van der Waals surface area contributed by atoms with Gasteiger partial charge in [0.15, 0.2) is 0 Å². The minimum Gasteiger partial charge on any atom is -0.478 e. The van der Waals surface area contributed by atoms with Crippen molar-refractivity contribution in [2.75, 3.05) is 0 Å². The number of dihydropyridines is 1. The fourth-order valence-electron chi connectivity index (χ4n) is 3.21. The molecule has 2 aromatic rings. The summed E-state index contributed by atoms with van der Waals surface area (Å²) in [7, 11) is 0. The lowest BCUT2D eigenvalue weighted by Gasteiger charge is -2.27. The van der Waals surface area contributed by atoms with Crippen molar-refractivity contribution in [3.05, 3.63) is 84.9 Å². The van der Waals surface area contributed by atoms with Gasteiger partial charge in [0, 0.05) is 12.2 Å². The molecule has 0 saturated heterocycles. The third kappa shape index (κ3) is 3.00. The number of hydrogen-bond acceptors (Lipinski definition) is 6. The van der Waals surface area contributed by atoms with Gasteiger partial charge in [-0.15, -0.1) is 11.3 Å². The topological polar surface area (TPSA) is 118 Å². The maximum atomic E-state index is 12.0. The second kappa shape index (κ2) is 7.11. The number of aliphatic carboxylic acids is 1. The first-order chi connectivity index (χ1) is 12.5. The normalized spacial score (nSPS) is 17.2. The first kappa shape index (κ1) is 17.8. The monoisotopic (exact) mass is 371 g/mol. The minimum absolute atomic E-state index is 0.0436. The summed E-state index contributed by atoms with van der Waals surface area (Å²) in [4.78, 5) is 24.1. The predicted octanol–water partition coefficient (Wildman–Crippen LogP) is 2.90. The van der Waals surface area contributed by atoms with Gasteiger partial charge in [-0.05, 0) is 29.5 Å².